The highest BCUT2D eigenvalue weighted by molar-refractivity contribution is 7.93. The van der Waals surface area contributed by atoms with Gasteiger partial charge in [0, 0.05) is 36.7 Å². The Labute approximate surface area is 221 Å². The highest BCUT2D eigenvalue weighted by Crippen LogP contribution is 2.36. The number of benzene rings is 1. The molecule has 1 unspecified atom stereocenters. The molecule has 0 aliphatic rings. The van der Waals surface area contributed by atoms with Crippen LogP contribution in [0.2, 0.25) is 0 Å². The van der Waals surface area contributed by atoms with E-state index in [1.165, 1.54) is 12.3 Å². The fourth-order valence-electron chi connectivity index (χ4n) is 2.82. The highest BCUT2D eigenvalue weighted by atomic mass is 32.2. The normalized spacial score (nSPS) is 12.8. The molecule has 4 N–H and O–H groups in total. The molecule has 0 heterocycles. The van der Waals surface area contributed by atoms with Crippen LogP contribution >= 0.6 is 0 Å². The van der Waals surface area contributed by atoms with Gasteiger partial charge < -0.3 is 30.6 Å². The van der Waals surface area contributed by atoms with Crippen LogP contribution in [0.5, 0.6) is 5.75 Å². The van der Waals surface area contributed by atoms with E-state index in [4.69, 9.17) is 15.2 Å². The van der Waals surface area contributed by atoms with Gasteiger partial charge in [-0.2, -0.15) is 0 Å². The zero-order valence-electron chi connectivity index (χ0n) is 22.1. The molecule has 0 aliphatic heterocycles. The van der Waals surface area contributed by atoms with Gasteiger partial charge in [0.15, 0.2) is 5.69 Å². The van der Waals surface area contributed by atoms with Crippen molar-refractivity contribution in [2.24, 2.45) is 10.1 Å². The van der Waals surface area contributed by atoms with Crippen LogP contribution in [0.1, 0.15) is 44.5 Å². The number of nitro groups is 1. The Bertz CT molecular complexity index is 1170. The van der Waals surface area contributed by atoms with E-state index in [0.29, 0.717) is 0 Å². The van der Waals surface area contributed by atoms with E-state index in [-0.39, 0.29) is 55.5 Å². The Kier molecular flexibility index (Phi) is 12.5. The summed E-state index contributed by atoms with van der Waals surface area (Å²) in [5, 5.41) is 17.1. The fraction of sp³-hybridized carbons (Fsp3) is 0.522. The zero-order valence-corrected chi connectivity index (χ0v) is 22.9. The lowest BCUT2D eigenvalue weighted by Gasteiger charge is -2.19. The number of rotatable bonds is 13. The molecule has 3 amide bonds. The van der Waals surface area contributed by atoms with Crippen LogP contribution in [0.15, 0.2) is 28.6 Å². The van der Waals surface area contributed by atoms with Crippen LogP contribution in [0.4, 0.5) is 21.0 Å². The van der Waals surface area contributed by atoms with Crippen LogP contribution in [0.3, 0.4) is 0 Å². The van der Waals surface area contributed by atoms with Gasteiger partial charge in [0.2, 0.25) is 5.91 Å². The Hall–Kier alpha value is -3.88. The molecular formula is C23H35N5O9S. The number of nitrogens with two attached hydrogens (primary N) is 1. The lowest BCUT2D eigenvalue weighted by Crippen LogP contribution is -2.32. The summed E-state index contributed by atoms with van der Waals surface area (Å²) in [6.45, 7) is 7.14. The number of nitro benzene ring substituents is 1. The van der Waals surface area contributed by atoms with E-state index >= 15 is 0 Å². The quantitative estimate of drug-likeness (QED) is 0.140. The molecule has 1 rings (SSSR count). The number of alkyl carbamates (subject to hydrolysis) is 1. The lowest BCUT2D eigenvalue weighted by atomic mass is 10.1. The van der Waals surface area contributed by atoms with E-state index in [1.54, 1.807) is 39.8 Å². The fourth-order valence-corrected chi connectivity index (χ4v) is 3.94. The van der Waals surface area contributed by atoms with E-state index in [2.05, 4.69) is 19.7 Å². The number of nitrogens with zero attached hydrogens (tertiary/aromatic N) is 2. The molecule has 0 aliphatic carbocycles. The maximum Gasteiger partial charge on any atom is 0.441 e. The molecule has 212 valence electrons. The SMILES string of the molecule is CCOC(=O)N=S(C)(=O)CCCOc1cc(C(N)=O)cc([N+](=O)[O-])c1NC/C=C/CNC(=O)OC(C)(C)C. The number of ether oxygens (including phenoxy) is 3. The van der Waals surface area contributed by atoms with Gasteiger partial charge in [-0.3, -0.25) is 14.9 Å². The molecule has 0 bridgehead atoms. The summed E-state index contributed by atoms with van der Waals surface area (Å²) in [4.78, 5) is 45.8. The number of hydrogen-bond acceptors (Lipinski definition) is 10. The standard InChI is InChI=1S/C23H35N5O9S/c1-6-35-22(31)27-38(5,34)13-9-12-36-18-15-16(20(24)29)14-17(28(32)33)19(18)25-10-7-8-11-26-21(30)37-23(2,3)4/h7-8,14-15,25H,6,9-13H2,1-5H3,(H2,24,29)(H,26,30)/b8-7+. The largest absolute Gasteiger partial charge is 0.491 e. The van der Waals surface area contributed by atoms with Crippen LogP contribution in [-0.4, -0.2) is 71.1 Å². The van der Waals surface area contributed by atoms with Gasteiger partial charge in [-0.05, 0) is 40.2 Å². The number of nitrogens with one attached hydrogen (secondary N) is 2. The number of carbonyl (C=O) groups is 3. The van der Waals surface area contributed by atoms with Crippen molar-refractivity contribution in [1.82, 2.24) is 5.32 Å². The second-order valence-corrected chi connectivity index (χ2v) is 11.4. The first kappa shape index (κ1) is 32.1. The molecule has 0 radical (unpaired) electrons. The Balaban J connectivity index is 2.93. The minimum atomic E-state index is -2.88. The van der Waals surface area contributed by atoms with Crippen molar-refractivity contribution in [3.05, 3.63) is 40.0 Å². The summed E-state index contributed by atoms with van der Waals surface area (Å²) in [5.74, 6) is -0.903. The molecule has 1 atom stereocenters. The van der Waals surface area contributed by atoms with Gasteiger partial charge in [-0.1, -0.05) is 12.2 Å². The summed E-state index contributed by atoms with van der Waals surface area (Å²) < 4.78 is 31.4. The average Bonchev–Trinajstić information content (AvgIpc) is 2.77. The molecule has 38 heavy (non-hydrogen) atoms. The van der Waals surface area contributed by atoms with E-state index in [1.807, 2.05) is 0 Å². The van der Waals surface area contributed by atoms with Crippen molar-refractivity contribution < 1.29 is 37.7 Å². The van der Waals surface area contributed by atoms with E-state index in [9.17, 15) is 28.7 Å². The average molecular weight is 558 g/mol. The molecule has 0 aromatic heterocycles. The van der Waals surface area contributed by atoms with Crippen LogP contribution in [0.25, 0.3) is 0 Å². The van der Waals surface area contributed by atoms with Gasteiger partial charge in [-0.25, -0.2) is 13.8 Å². The molecule has 0 saturated carbocycles. The maximum absolute atomic E-state index is 12.4. The summed E-state index contributed by atoms with van der Waals surface area (Å²) in [5.41, 5.74) is 4.11. The number of carbonyl (C=O) groups excluding carboxylic acids is 3. The van der Waals surface area contributed by atoms with Crippen molar-refractivity contribution in [2.75, 3.05) is 43.6 Å². The Morgan fingerprint density at radius 2 is 1.87 bits per heavy atom. The number of anilines is 1. The first-order valence-electron chi connectivity index (χ1n) is 11.6. The highest BCUT2D eigenvalue weighted by Gasteiger charge is 2.22. The van der Waals surface area contributed by atoms with Crippen LogP contribution in [-0.2, 0) is 19.2 Å². The third kappa shape index (κ3) is 12.4. The molecule has 14 nitrogen and oxygen atoms in total. The third-order valence-electron chi connectivity index (χ3n) is 4.35. The summed E-state index contributed by atoms with van der Waals surface area (Å²) >= 11 is 0. The Morgan fingerprint density at radius 3 is 2.45 bits per heavy atom. The maximum atomic E-state index is 12.4. The molecule has 1 aromatic rings. The minimum Gasteiger partial charge on any atom is -0.491 e. The third-order valence-corrected chi connectivity index (χ3v) is 5.93. The second-order valence-electron chi connectivity index (χ2n) is 8.88. The van der Waals surface area contributed by atoms with Gasteiger partial charge in [0.1, 0.15) is 11.4 Å². The summed E-state index contributed by atoms with van der Waals surface area (Å²) in [6, 6.07) is 2.29. The van der Waals surface area contributed by atoms with E-state index in [0.717, 1.165) is 6.07 Å². The van der Waals surface area contributed by atoms with Crippen molar-refractivity contribution in [3.8, 4) is 5.75 Å². The predicted molar refractivity (Wildman–Crippen MR) is 142 cm³/mol. The molecule has 1 aromatic carbocycles. The Morgan fingerprint density at radius 1 is 1.21 bits per heavy atom. The zero-order chi connectivity index (χ0) is 28.9. The minimum absolute atomic E-state index is 0.000431. The topological polar surface area (TPSA) is 202 Å². The molecule has 15 heteroatoms. The molecule has 0 fully saturated rings. The lowest BCUT2D eigenvalue weighted by molar-refractivity contribution is -0.384. The predicted octanol–water partition coefficient (Wildman–Crippen LogP) is 3.21. The van der Waals surface area contributed by atoms with Crippen molar-refractivity contribution in [3.63, 3.8) is 0 Å². The van der Waals surface area contributed by atoms with Crippen molar-refractivity contribution in [1.29, 1.82) is 0 Å². The van der Waals surface area contributed by atoms with Crippen LogP contribution in [0, 0.1) is 10.1 Å². The van der Waals surface area contributed by atoms with Gasteiger partial charge >= 0.3 is 12.2 Å². The van der Waals surface area contributed by atoms with Crippen molar-refractivity contribution in [2.45, 2.75) is 39.7 Å². The summed E-state index contributed by atoms with van der Waals surface area (Å²) in [7, 11) is -2.88. The monoisotopic (exact) mass is 557 g/mol. The van der Waals surface area contributed by atoms with E-state index < -0.39 is 44.0 Å². The van der Waals surface area contributed by atoms with Gasteiger partial charge in [-0.15, -0.1) is 4.36 Å². The van der Waals surface area contributed by atoms with Gasteiger partial charge in [0.05, 0.1) is 27.9 Å². The smallest absolute Gasteiger partial charge is 0.441 e. The molecule has 0 saturated heterocycles. The number of primary amides is 1. The first-order valence-corrected chi connectivity index (χ1v) is 13.7. The molecular weight excluding hydrogens is 522 g/mol. The second kappa shape index (κ2) is 14.8. The summed E-state index contributed by atoms with van der Waals surface area (Å²) in [6.07, 6.45) is 3.21. The molecule has 0 spiro atoms. The first-order chi connectivity index (χ1) is 17.6. The number of amides is 3. The van der Waals surface area contributed by atoms with Gasteiger partial charge in [0.25, 0.3) is 5.69 Å². The van der Waals surface area contributed by atoms with Crippen molar-refractivity contribution >= 4 is 39.2 Å². The van der Waals surface area contributed by atoms with Crippen LogP contribution < -0.4 is 21.1 Å². The number of hydrogen-bond donors (Lipinski definition) is 3.